The highest BCUT2D eigenvalue weighted by Gasteiger charge is 2.65. The Bertz CT molecular complexity index is 4200. The average Bonchev–Trinajstić information content (AvgIpc) is 1.60. The van der Waals surface area contributed by atoms with Gasteiger partial charge in [-0.1, -0.05) is 34.6 Å². The molecule has 26 nitrogen and oxygen atoms in total. The highest BCUT2D eigenvalue weighted by Crippen LogP contribution is 2.70. The van der Waals surface area contributed by atoms with Crippen molar-refractivity contribution in [2.45, 2.75) is 335 Å². The number of Topliss-reactive ketones (excluding diaryl/α,β-unsaturated/α-hetero) is 4. The number of aromatic nitrogens is 12. The van der Waals surface area contributed by atoms with Crippen LogP contribution in [0, 0.1) is 184 Å². The predicted octanol–water partition coefficient (Wildman–Crippen LogP) is 13.4. The van der Waals surface area contributed by atoms with Gasteiger partial charge in [0, 0.05) is 45.0 Å². The predicted molar refractivity (Wildman–Crippen MR) is 459 cm³/mol. The zero-order chi connectivity index (χ0) is 85.6. The van der Waals surface area contributed by atoms with E-state index in [1.807, 2.05) is 18.9 Å². The van der Waals surface area contributed by atoms with Crippen molar-refractivity contribution in [3.8, 4) is 0 Å². The lowest BCUT2D eigenvalue weighted by Gasteiger charge is -2.57. The fraction of sp³-hybridized carbons (Fsp3) is 0.917. The molecule has 4 heterocycles. The lowest BCUT2D eigenvalue weighted by Crippen LogP contribution is -2.52. The van der Waals surface area contributed by atoms with Crippen LogP contribution >= 0.6 is 0 Å². The summed E-state index contributed by atoms with van der Waals surface area (Å²) in [4.78, 5) is 60.1. The number of ketones is 4. The number of ether oxygens (including phenoxy) is 3. The summed E-state index contributed by atoms with van der Waals surface area (Å²) in [5.74, 6) is 18.5. The Morgan fingerprint density at radius 2 is 0.705 bits per heavy atom. The van der Waals surface area contributed by atoms with Crippen molar-refractivity contribution in [2.24, 2.45) is 169 Å². The number of nitrogens with one attached hydrogen (secondary N) is 1. The van der Waals surface area contributed by atoms with Gasteiger partial charge in [0.2, 0.25) is 0 Å². The third-order valence-electron chi connectivity index (χ3n) is 39.5. The molecule has 0 radical (unpaired) electrons. The topological polar surface area (TPSA) is 335 Å². The van der Waals surface area contributed by atoms with Crippen LogP contribution in [0.3, 0.4) is 0 Å². The van der Waals surface area contributed by atoms with Crippen LogP contribution < -0.4 is 5.43 Å². The number of carbonyl (C=O) groups is 4. The minimum absolute atomic E-state index is 0.117. The van der Waals surface area contributed by atoms with E-state index in [1.165, 1.54) is 132 Å². The first-order chi connectivity index (χ1) is 58.4. The Balaban J connectivity index is 0.000000116. The van der Waals surface area contributed by atoms with E-state index in [0.717, 1.165) is 193 Å². The summed E-state index contributed by atoms with van der Waals surface area (Å²) in [6, 6.07) is 0. The lowest BCUT2D eigenvalue weighted by molar-refractivity contribution is -0.137. The number of hydrogen-bond acceptors (Lipinski definition) is 23. The van der Waals surface area contributed by atoms with Gasteiger partial charge in [0.05, 0.1) is 48.8 Å². The van der Waals surface area contributed by atoms with Crippen molar-refractivity contribution in [1.29, 1.82) is 0 Å². The largest absolute Gasteiger partial charge is 0.390 e. The van der Waals surface area contributed by atoms with Crippen LogP contribution in [0.4, 0.5) is 0 Å². The number of tetrazole rings is 3. The van der Waals surface area contributed by atoms with Crippen molar-refractivity contribution in [2.75, 3.05) is 54.4 Å². The number of aliphatic hydroxyl groups is 4. The van der Waals surface area contributed by atoms with Gasteiger partial charge in [0.25, 0.3) is 0 Å². The van der Waals surface area contributed by atoms with E-state index in [1.54, 1.807) is 39.3 Å². The summed E-state index contributed by atoms with van der Waals surface area (Å²) in [5, 5.41) is 81.5. The molecule has 1 aliphatic heterocycles. The standard InChI is InChI=1S/2C24H38N4O3.C24H38N4O2.C24H39N3O3/c1-15-25-26-27-28(15)13-22(29)21-7-6-20-19-5-4-16-12-24(30,14-31-3)11-9-17(16)18(19)8-10-23(20,21)2;1-15-25-27-28(26-15)13-22(29)21-7-6-20-19-5-4-16-12-24(30,14-31-3)11-9-17(16)18(19)8-10-23(20,21)2;1-4-24(30)12-10-17-16(13-24)5-6-19-18(17)9-11-23(3)20(19)7-8-21(23)22(29)14-28-26-15(2)25-27-28;1-23-9-7-18-17-8-10-24(29,13-30-2)11-16(17)3-4-19(18)20(23)5-6-21(23)22(28)12-27-15-25-14-26-27/h2*16-21,30H,4-14H2,1-3H3;16-21,30H,4-14H2,1-3H3;15-21,26,29H,3-14H2,1-2H3/t4*16-,17+,18-,19-,20+,21-,23+,24-/m1111/s1. The SMILES string of the molecule is CC[C@@]1(O)CC[C@H]2[C@H](CC[C@@H]3[C@@H]2CC[C@]2(C)[C@@H](C(=O)Cn4nnc(C)n4)CC[C@@H]32)C1.COC[C@@]1(O)CC[C@H]2[C@H](CC[C@@H]3[C@@H]2CC[C@]2(C)[C@@H](C(=O)CN4C=NCN4)CC[C@@H]32)C1.COC[C@@]1(O)CC[C@H]2[C@H](CC[C@@H]3[C@@H]2CC[C@]2(C)[C@@H](C(=O)Cn4nnc(C)n4)CC[C@@H]32)C1.COC[C@@]1(O)CC[C@H]2[C@H](CC[C@@H]3[C@@H]2CC[C@]2(C)[C@@H](C(=O)Cn4nnnc4C)CC[C@@H]32)C1. The van der Waals surface area contributed by atoms with E-state index in [4.69, 9.17) is 14.2 Å². The molecule has 17 aliphatic rings. The Hall–Kier alpha value is -4.96. The second-order valence-corrected chi connectivity index (χ2v) is 45.2. The number of methoxy groups -OCH3 is 3. The molecular weight excluding hydrogens is 1540 g/mol. The van der Waals surface area contributed by atoms with Gasteiger partial charge in [0.1, 0.15) is 38.5 Å². The Labute approximate surface area is 726 Å². The highest BCUT2D eigenvalue weighted by molar-refractivity contribution is 5.86. The molecule has 32 atom stereocenters. The van der Waals surface area contributed by atoms with Crippen LogP contribution in [0.2, 0.25) is 0 Å². The Morgan fingerprint density at radius 1 is 0.385 bits per heavy atom. The quantitative estimate of drug-likeness (QED) is 0.0744. The van der Waals surface area contributed by atoms with Gasteiger partial charge >= 0.3 is 0 Å². The summed E-state index contributed by atoms with van der Waals surface area (Å²) >= 11 is 0. The molecule has 16 fully saturated rings. The molecule has 3 aromatic heterocycles. The van der Waals surface area contributed by atoms with Crippen LogP contribution in [0.25, 0.3) is 0 Å². The monoisotopic (exact) mass is 1690 g/mol. The van der Waals surface area contributed by atoms with Gasteiger partial charge in [-0.25, -0.2) is 10.1 Å². The number of aryl methyl sites for hydroxylation is 3. The van der Waals surface area contributed by atoms with E-state index >= 15 is 0 Å². The van der Waals surface area contributed by atoms with Gasteiger partial charge < -0.3 is 34.6 Å². The molecular formula is C96H153N15O11. The molecule has 5 N–H and O–H groups in total. The minimum atomic E-state index is -0.620. The normalized spacial score (nSPS) is 45.5. The van der Waals surface area contributed by atoms with Crippen LogP contribution in [0.1, 0.15) is 290 Å². The third kappa shape index (κ3) is 17.0. The van der Waals surface area contributed by atoms with Crippen LogP contribution in [0.15, 0.2) is 4.99 Å². The van der Waals surface area contributed by atoms with Crippen molar-refractivity contribution >= 4 is 29.5 Å². The number of aliphatic imine (C=N–C) groups is 1. The maximum absolute atomic E-state index is 13.3. The second kappa shape index (κ2) is 35.5. The zero-order valence-electron chi connectivity index (χ0n) is 76.2. The fourth-order valence-corrected chi connectivity index (χ4v) is 34.1. The molecule has 26 heteroatoms. The third-order valence-corrected chi connectivity index (χ3v) is 39.5. The van der Waals surface area contributed by atoms with Crippen LogP contribution in [-0.2, 0) is 53.0 Å². The molecule has 0 amide bonds. The summed E-state index contributed by atoms with van der Waals surface area (Å²) < 4.78 is 17.6. The van der Waals surface area contributed by atoms with Gasteiger partial charge in [-0.05, 0) is 419 Å². The summed E-state index contributed by atoms with van der Waals surface area (Å²) in [6.07, 6.45) is 43.4. The van der Waals surface area contributed by atoms with Crippen LogP contribution in [0.5, 0.6) is 0 Å². The molecule has 3 aromatic rings. The van der Waals surface area contributed by atoms with Crippen molar-refractivity contribution in [3.05, 3.63) is 17.5 Å². The molecule has 0 bridgehead atoms. The fourth-order valence-electron chi connectivity index (χ4n) is 34.1. The summed E-state index contributed by atoms with van der Waals surface area (Å²) in [7, 11) is 5.09. The molecule has 0 spiro atoms. The molecule has 16 aliphatic carbocycles. The van der Waals surface area contributed by atoms with E-state index in [2.05, 4.69) is 91.4 Å². The van der Waals surface area contributed by atoms with E-state index < -0.39 is 22.4 Å². The molecule has 0 aromatic carbocycles. The van der Waals surface area contributed by atoms with E-state index in [9.17, 15) is 39.6 Å². The first-order valence-corrected chi connectivity index (χ1v) is 49.1. The summed E-state index contributed by atoms with van der Waals surface area (Å²) in [5.41, 5.74) is 1.45. The molecule has 122 heavy (non-hydrogen) atoms. The zero-order valence-corrected chi connectivity index (χ0v) is 76.2. The molecule has 0 saturated heterocycles. The Morgan fingerprint density at radius 3 is 1.00 bits per heavy atom. The smallest absolute Gasteiger partial charge is 0.171 e. The van der Waals surface area contributed by atoms with Gasteiger partial charge in [-0.15, -0.1) is 25.5 Å². The van der Waals surface area contributed by atoms with Crippen LogP contribution in [-0.4, -0.2) is 192 Å². The van der Waals surface area contributed by atoms with Gasteiger partial charge in [0.15, 0.2) is 34.8 Å². The number of carbonyl (C=O) groups excluding carboxylic acids is 4. The lowest BCUT2D eigenvalue weighted by atomic mass is 9.48. The summed E-state index contributed by atoms with van der Waals surface area (Å²) in [6.45, 7) is 20.5. The average molecular weight is 1690 g/mol. The minimum Gasteiger partial charge on any atom is -0.390 e. The number of fused-ring (bicyclic) bond motifs is 20. The first kappa shape index (κ1) is 89.0. The van der Waals surface area contributed by atoms with Gasteiger partial charge in [-0.2, -0.15) is 9.59 Å². The molecule has 16 saturated carbocycles. The number of hydrazine groups is 1. The first-order valence-electron chi connectivity index (χ1n) is 49.1. The Kier molecular flexibility index (Phi) is 25.9. The number of rotatable bonds is 19. The number of hydrogen-bond donors (Lipinski definition) is 5. The number of nitrogens with zero attached hydrogens (tertiary/aromatic N) is 14. The van der Waals surface area contributed by atoms with E-state index in [0.29, 0.717) is 116 Å². The highest BCUT2D eigenvalue weighted by atomic mass is 16.5. The maximum atomic E-state index is 13.3. The molecule has 678 valence electrons. The maximum Gasteiger partial charge on any atom is 0.171 e. The van der Waals surface area contributed by atoms with Gasteiger partial charge in [-0.3, -0.25) is 29.2 Å². The van der Waals surface area contributed by atoms with Crippen molar-refractivity contribution in [3.63, 3.8) is 0 Å². The second-order valence-electron chi connectivity index (χ2n) is 45.2. The molecule has 0 unspecified atom stereocenters. The van der Waals surface area contributed by atoms with Crippen molar-refractivity contribution in [1.82, 2.24) is 71.1 Å². The van der Waals surface area contributed by atoms with E-state index in [-0.39, 0.29) is 64.2 Å². The van der Waals surface area contributed by atoms with Crippen molar-refractivity contribution < 1.29 is 53.8 Å². The molecule has 20 rings (SSSR count).